The normalized spacial score (nSPS) is 21.8. The van der Waals surface area contributed by atoms with E-state index in [2.05, 4.69) is 15.3 Å². The Morgan fingerprint density at radius 3 is 3.05 bits per heavy atom. The van der Waals surface area contributed by atoms with Gasteiger partial charge in [-0.15, -0.1) is 5.10 Å². The Labute approximate surface area is 128 Å². The molecule has 7 heteroatoms. The summed E-state index contributed by atoms with van der Waals surface area (Å²) < 4.78 is 1.60. The topological polar surface area (TPSA) is 84.1 Å². The van der Waals surface area contributed by atoms with E-state index in [1.807, 2.05) is 19.1 Å². The number of nitrogens with zero attached hydrogens (tertiary/aromatic N) is 5. The summed E-state index contributed by atoms with van der Waals surface area (Å²) >= 11 is 0. The van der Waals surface area contributed by atoms with Gasteiger partial charge in [0.1, 0.15) is 11.3 Å². The largest absolute Gasteiger partial charge is 0.386 e. The van der Waals surface area contributed by atoms with Crippen LogP contribution in [0, 0.1) is 6.92 Å². The van der Waals surface area contributed by atoms with E-state index in [0.29, 0.717) is 25.2 Å². The molecule has 1 atom stereocenters. The molecule has 2 aromatic rings. The number of hydrogen-bond acceptors (Lipinski definition) is 5. The summed E-state index contributed by atoms with van der Waals surface area (Å²) in [7, 11) is 0. The monoisotopic (exact) mass is 301 g/mol. The first-order valence-corrected chi connectivity index (χ1v) is 7.35. The van der Waals surface area contributed by atoms with Crippen molar-refractivity contribution in [3.05, 3.63) is 42.0 Å². The number of hydrogen-bond donors (Lipinski definition) is 1. The maximum Gasteiger partial charge on any atom is 0.272 e. The molecule has 3 heterocycles. The van der Waals surface area contributed by atoms with Crippen LogP contribution in [-0.4, -0.2) is 54.6 Å². The van der Waals surface area contributed by atoms with Gasteiger partial charge in [-0.3, -0.25) is 4.79 Å². The summed E-state index contributed by atoms with van der Waals surface area (Å²) in [5, 5.41) is 18.4. The number of pyridine rings is 1. The Morgan fingerprint density at radius 1 is 1.45 bits per heavy atom. The summed E-state index contributed by atoms with van der Waals surface area (Å²) in [4.78, 5) is 18.5. The predicted octanol–water partition coefficient (Wildman–Crippen LogP) is 0.649. The minimum Gasteiger partial charge on any atom is -0.386 e. The average molecular weight is 301 g/mol. The van der Waals surface area contributed by atoms with Crippen molar-refractivity contribution in [1.82, 2.24) is 24.9 Å². The highest BCUT2D eigenvalue weighted by molar-refractivity contribution is 5.92. The van der Waals surface area contributed by atoms with E-state index >= 15 is 0 Å². The first-order valence-electron chi connectivity index (χ1n) is 7.35. The number of rotatable bonds is 3. The molecule has 3 rings (SSSR count). The number of piperidine rings is 1. The molecule has 0 spiro atoms. The molecule has 1 unspecified atom stereocenters. The van der Waals surface area contributed by atoms with Crippen LogP contribution in [0.15, 0.2) is 30.6 Å². The molecule has 1 saturated heterocycles. The number of likely N-dealkylation sites (tertiary alicyclic amines) is 1. The Balaban J connectivity index is 1.73. The summed E-state index contributed by atoms with van der Waals surface area (Å²) in [6.07, 6.45) is 4.67. The van der Waals surface area contributed by atoms with Crippen LogP contribution in [0.5, 0.6) is 0 Å². The molecule has 0 radical (unpaired) electrons. The highest BCUT2D eigenvalue weighted by atomic mass is 16.3. The van der Waals surface area contributed by atoms with Crippen molar-refractivity contribution in [2.24, 2.45) is 0 Å². The van der Waals surface area contributed by atoms with Gasteiger partial charge in [0, 0.05) is 18.4 Å². The van der Waals surface area contributed by atoms with E-state index in [1.165, 1.54) is 0 Å². The van der Waals surface area contributed by atoms with Gasteiger partial charge in [0.05, 0.1) is 19.3 Å². The van der Waals surface area contributed by atoms with Crippen molar-refractivity contribution in [2.45, 2.75) is 31.9 Å². The molecule has 0 bridgehead atoms. The van der Waals surface area contributed by atoms with Crippen LogP contribution in [0.4, 0.5) is 0 Å². The molecule has 2 aromatic heterocycles. The van der Waals surface area contributed by atoms with E-state index < -0.39 is 5.60 Å². The Hall–Kier alpha value is -2.28. The van der Waals surface area contributed by atoms with E-state index in [4.69, 9.17) is 0 Å². The summed E-state index contributed by atoms with van der Waals surface area (Å²) in [6.45, 7) is 3.10. The van der Waals surface area contributed by atoms with E-state index in [1.54, 1.807) is 28.0 Å². The van der Waals surface area contributed by atoms with Crippen molar-refractivity contribution in [3.8, 4) is 0 Å². The highest BCUT2D eigenvalue weighted by Crippen LogP contribution is 2.24. The van der Waals surface area contributed by atoms with Crippen molar-refractivity contribution >= 4 is 5.91 Å². The lowest BCUT2D eigenvalue weighted by Gasteiger charge is -2.38. The van der Waals surface area contributed by atoms with Crippen LogP contribution in [0.3, 0.4) is 0 Å². The minimum atomic E-state index is -0.981. The zero-order chi connectivity index (χ0) is 15.6. The van der Waals surface area contributed by atoms with Crippen molar-refractivity contribution in [3.63, 3.8) is 0 Å². The first kappa shape index (κ1) is 14.6. The van der Waals surface area contributed by atoms with Crippen molar-refractivity contribution in [2.75, 3.05) is 13.1 Å². The fourth-order valence-electron chi connectivity index (χ4n) is 2.86. The molecule has 0 aromatic carbocycles. The first-order chi connectivity index (χ1) is 10.6. The van der Waals surface area contributed by atoms with Gasteiger partial charge < -0.3 is 10.0 Å². The summed E-state index contributed by atoms with van der Waals surface area (Å²) in [6, 6.07) is 5.38. The Kier molecular flexibility index (Phi) is 3.89. The minimum absolute atomic E-state index is 0.139. The lowest BCUT2D eigenvalue weighted by molar-refractivity contribution is -0.0388. The van der Waals surface area contributed by atoms with Gasteiger partial charge in [-0.1, -0.05) is 11.3 Å². The molecule has 0 aliphatic carbocycles. The second kappa shape index (κ2) is 5.84. The number of aromatic nitrogens is 4. The van der Waals surface area contributed by atoms with Gasteiger partial charge in [0.25, 0.3) is 5.91 Å². The van der Waals surface area contributed by atoms with Crippen LogP contribution < -0.4 is 0 Å². The second-order valence-corrected chi connectivity index (χ2v) is 5.82. The van der Waals surface area contributed by atoms with Gasteiger partial charge in [-0.25, -0.2) is 9.67 Å². The van der Waals surface area contributed by atoms with Gasteiger partial charge in [0.15, 0.2) is 0 Å². The zero-order valence-electron chi connectivity index (χ0n) is 12.5. The van der Waals surface area contributed by atoms with Gasteiger partial charge in [-0.2, -0.15) is 0 Å². The standard InChI is InChI=1S/C15H19N5O2/c1-12-4-2-5-13(17-12)14(21)19-8-3-6-15(22,10-19)11-20-9-7-16-18-20/h2,4-5,7,9,22H,3,6,8,10-11H2,1H3. The van der Waals surface area contributed by atoms with Crippen LogP contribution in [0.25, 0.3) is 0 Å². The maximum atomic E-state index is 12.6. The SMILES string of the molecule is Cc1cccc(C(=O)N2CCCC(O)(Cn3ccnn3)C2)n1. The second-order valence-electron chi connectivity index (χ2n) is 5.82. The molecular formula is C15H19N5O2. The highest BCUT2D eigenvalue weighted by Gasteiger charge is 2.36. The lowest BCUT2D eigenvalue weighted by Crippen LogP contribution is -2.52. The summed E-state index contributed by atoms with van der Waals surface area (Å²) in [5.74, 6) is -0.139. The van der Waals surface area contributed by atoms with Crippen LogP contribution in [0.2, 0.25) is 0 Å². The smallest absolute Gasteiger partial charge is 0.272 e. The predicted molar refractivity (Wildman–Crippen MR) is 79.1 cm³/mol. The Bertz CT molecular complexity index is 658. The number of aryl methyl sites for hydroxylation is 1. The molecule has 1 aliphatic heterocycles. The molecule has 0 saturated carbocycles. The number of aliphatic hydroxyl groups is 1. The quantitative estimate of drug-likeness (QED) is 0.900. The molecule has 1 fully saturated rings. The fourth-order valence-corrected chi connectivity index (χ4v) is 2.86. The fraction of sp³-hybridized carbons (Fsp3) is 0.467. The number of carbonyl (C=O) groups excluding carboxylic acids is 1. The van der Waals surface area contributed by atoms with E-state index in [9.17, 15) is 9.90 Å². The van der Waals surface area contributed by atoms with Crippen LogP contribution >= 0.6 is 0 Å². The van der Waals surface area contributed by atoms with Crippen molar-refractivity contribution < 1.29 is 9.90 Å². The van der Waals surface area contributed by atoms with Crippen LogP contribution in [0.1, 0.15) is 29.0 Å². The molecule has 7 nitrogen and oxygen atoms in total. The van der Waals surface area contributed by atoms with Gasteiger partial charge in [-0.05, 0) is 31.9 Å². The molecule has 1 N–H and O–H groups in total. The zero-order valence-corrected chi connectivity index (χ0v) is 12.5. The van der Waals surface area contributed by atoms with Crippen molar-refractivity contribution in [1.29, 1.82) is 0 Å². The number of carbonyl (C=O) groups is 1. The van der Waals surface area contributed by atoms with Crippen LogP contribution in [-0.2, 0) is 6.54 Å². The lowest BCUT2D eigenvalue weighted by atomic mass is 9.92. The number of amides is 1. The van der Waals surface area contributed by atoms with Gasteiger partial charge in [0.2, 0.25) is 0 Å². The van der Waals surface area contributed by atoms with E-state index in [0.717, 1.165) is 12.1 Å². The molecule has 22 heavy (non-hydrogen) atoms. The molecule has 116 valence electrons. The molecular weight excluding hydrogens is 282 g/mol. The third kappa shape index (κ3) is 3.14. The third-order valence-corrected chi connectivity index (χ3v) is 3.88. The summed E-state index contributed by atoms with van der Waals surface area (Å²) in [5.41, 5.74) is 0.247. The number of β-amino-alcohol motifs (C(OH)–C–C–N with tert-alkyl or cyclic N) is 1. The Morgan fingerprint density at radius 2 is 2.32 bits per heavy atom. The average Bonchev–Trinajstić information content (AvgIpc) is 2.98. The van der Waals surface area contributed by atoms with Gasteiger partial charge >= 0.3 is 0 Å². The molecule has 1 amide bonds. The molecule has 1 aliphatic rings. The van der Waals surface area contributed by atoms with E-state index in [-0.39, 0.29) is 12.5 Å². The maximum absolute atomic E-state index is 12.6. The third-order valence-electron chi connectivity index (χ3n) is 3.88.